The largest absolute Gasteiger partial charge is 0.459 e. The summed E-state index contributed by atoms with van der Waals surface area (Å²) in [5.74, 6) is -0.277. The lowest BCUT2D eigenvalue weighted by Gasteiger charge is -2.03. The van der Waals surface area contributed by atoms with E-state index in [2.05, 4.69) is 15.0 Å². The van der Waals surface area contributed by atoms with Crippen molar-refractivity contribution in [3.63, 3.8) is 0 Å². The quantitative estimate of drug-likeness (QED) is 0.736. The van der Waals surface area contributed by atoms with Crippen LogP contribution in [0, 0.1) is 0 Å². The van der Waals surface area contributed by atoms with Crippen molar-refractivity contribution in [2.45, 2.75) is 13.0 Å². The predicted octanol–water partition coefficient (Wildman–Crippen LogP) is 2.24. The van der Waals surface area contributed by atoms with Crippen LogP contribution in [0.25, 0.3) is 11.0 Å². The number of aromatic amines is 1. The first-order valence-electron chi connectivity index (χ1n) is 6.29. The number of hydrogen-bond acceptors (Lipinski definition) is 4. The highest BCUT2D eigenvalue weighted by molar-refractivity contribution is 5.84. The van der Waals surface area contributed by atoms with E-state index in [9.17, 15) is 4.79 Å². The molecule has 0 saturated carbocycles. The number of hydrogen-bond donors (Lipinski definition) is 1. The van der Waals surface area contributed by atoms with Gasteiger partial charge in [-0.3, -0.25) is 9.78 Å². The van der Waals surface area contributed by atoms with Crippen molar-refractivity contribution in [2.24, 2.45) is 0 Å². The first-order chi connectivity index (χ1) is 9.83. The second kappa shape index (κ2) is 5.52. The number of pyridine rings is 2. The van der Waals surface area contributed by atoms with Gasteiger partial charge in [-0.1, -0.05) is 6.07 Å². The lowest BCUT2D eigenvalue weighted by atomic mass is 10.1. The molecule has 0 saturated heterocycles. The Hall–Kier alpha value is -2.69. The minimum atomic E-state index is -0.277. The number of H-pyrrole nitrogens is 1. The summed E-state index contributed by atoms with van der Waals surface area (Å²) in [5, 5.41) is 0.947. The molecule has 0 spiro atoms. The Morgan fingerprint density at radius 2 is 2.05 bits per heavy atom. The van der Waals surface area contributed by atoms with E-state index < -0.39 is 0 Å². The number of carbonyl (C=O) groups excluding carboxylic acids is 1. The molecule has 0 fully saturated rings. The van der Waals surface area contributed by atoms with Crippen LogP contribution in [0.5, 0.6) is 0 Å². The summed E-state index contributed by atoms with van der Waals surface area (Å²) in [6, 6.07) is 9.29. The van der Waals surface area contributed by atoms with Gasteiger partial charge in [0.2, 0.25) is 0 Å². The van der Waals surface area contributed by atoms with Gasteiger partial charge in [-0.2, -0.15) is 0 Å². The van der Waals surface area contributed by atoms with Gasteiger partial charge in [0.15, 0.2) is 0 Å². The maximum absolute atomic E-state index is 11.8. The Kier molecular flexibility index (Phi) is 3.41. The Morgan fingerprint density at radius 1 is 1.15 bits per heavy atom. The van der Waals surface area contributed by atoms with Crippen LogP contribution in [-0.4, -0.2) is 20.9 Å². The molecule has 20 heavy (non-hydrogen) atoms. The summed E-state index contributed by atoms with van der Waals surface area (Å²) in [6.07, 6.45) is 5.40. The number of rotatable bonds is 4. The number of nitrogens with zero attached hydrogens (tertiary/aromatic N) is 2. The monoisotopic (exact) mass is 267 g/mol. The van der Waals surface area contributed by atoms with Crippen molar-refractivity contribution >= 4 is 17.0 Å². The average Bonchev–Trinajstić information content (AvgIpc) is 2.90. The molecule has 0 aromatic carbocycles. The first kappa shape index (κ1) is 12.3. The first-order valence-corrected chi connectivity index (χ1v) is 6.29. The van der Waals surface area contributed by atoms with Gasteiger partial charge in [0.1, 0.15) is 12.3 Å². The summed E-state index contributed by atoms with van der Waals surface area (Å²) in [6.45, 7) is 0.195. The summed E-state index contributed by atoms with van der Waals surface area (Å²) in [5.41, 5.74) is 2.40. The molecule has 1 N–H and O–H groups in total. The van der Waals surface area contributed by atoms with E-state index >= 15 is 0 Å². The van der Waals surface area contributed by atoms with Gasteiger partial charge in [0, 0.05) is 24.0 Å². The smallest absolute Gasteiger partial charge is 0.310 e. The minimum Gasteiger partial charge on any atom is -0.459 e. The fourth-order valence-electron chi connectivity index (χ4n) is 2.00. The average molecular weight is 267 g/mol. The van der Waals surface area contributed by atoms with E-state index in [1.54, 1.807) is 18.6 Å². The third-order valence-electron chi connectivity index (χ3n) is 2.98. The van der Waals surface area contributed by atoms with Crippen LogP contribution in [0.3, 0.4) is 0 Å². The number of aromatic nitrogens is 3. The van der Waals surface area contributed by atoms with Gasteiger partial charge in [0.05, 0.1) is 12.1 Å². The normalized spacial score (nSPS) is 10.6. The van der Waals surface area contributed by atoms with Crippen molar-refractivity contribution in [1.29, 1.82) is 0 Å². The molecule has 0 aliphatic carbocycles. The molecule has 0 amide bonds. The van der Waals surface area contributed by atoms with Crippen molar-refractivity contribution in [3.05, 3.63) is 60.2 Å². The lowest BCUT2D eigenvalue weighted by molar-refractivity contribution is -0.144. The molecule has 0 unspecified atom stereocenters. The Morgan fingerprint density at radius 3 is 2.90 bits per heavy atom. The summed E-state index contributed by atoms with van der Waals surface area (Å²) in [4.78, 5) is 23.2. The standard InChI is InChI=1S/C15H13N3O2/c19-14(20-10-12-4-1-2-6-16-12)8-11-9-18-15-13(11)5-3-7-17-15/h1-7,9H,8,10H2,(H,17,18). The molecule has 0 aliphatic rings. The molecule has 5 nitrogen and oxygen atoms in total. The second-order valence-corrected chi connectivity index (χ2v) is 4.37. The third-order valence-corrected chi connectivity index (χ3v) is 2.98. The highest BCUT2D eigenvalue weighted by atomic mass is 16.5. The van der Waals surface area contributed by atoms with Gasteiger partial charge in [0.25, 0.3) is 0 Å². The highest BCUT2D eigenvalue weighted by Crippen LogP contribution is 2.16. The third kappa shape index (κ3) is 2.66. The zero-order chi connectivity index (χ0) is 13.8. The molecule has 100 valence electrons. The van der Waals surface area contributed by atoms with Crippen molar-refractivity contribution in [2.75, 3.05) is 0 Å². The van der Waals surface area contributed by atoms with Crippen LogP contribution in [0.1, 0.15) is 11.3 Å². The lowest BCUT2D eigenvalue weighted by Crippen LogP contribution is -2.08. The van der Waals surface area contributed by atoms with E-state index in [4.69, 9.17) is 4.74 Å². The van der Waals surface area contributed by atoms with Crippen molar-refractivity contribution in [3.8, 4) is 0 Å². The molecule has 3 aromatic rings. The maximum atomic E-state index is 11.8. The highest BCUT2D eigenvalue weighted by Gasteiger charge is 2.10. The van der Waals surface area contributed by atoms with E-state index in [1.165, 1.54) is 0 Å². The molecular formula is C15H13N3O2. The number of carbonyl (C=O) groups is 1. The summed E-state index contributed by atoms with van der Waals surface area (Å²) in [7, 11) is 0. The van der Waals surface area contributed by atoms with Gasteiger partial charge in [-0.05, 0) is 29.8 Å². The number of ether oxygens (including phenoxy) is 1. The van der Waals surface area contributed by atoms with Crippen molar-refractivity contribution < 1.29 is 9.53 Å². The number of fused-ring (bicyclic) bond motifs is 1. The topological polar surface area (TPSA) is 67.9 Å². The van der Waals surface area contributed by atoms with Gasteiger partial charge in [-0.25, -0.2) is 4.98 Å². The molecule has 5 heteroatoms. The van der Waals surface area contributed by atoms with Crippen LogP contribution in [0.2, 0.25) is 0 Å². The fraction of sp³-hybridized carbons (Fsp3) is 0.133. The van der Waals surface area contributed by atoms with Gasteiger partial charge in [-0.15, -0.1) is 0 Å². The van der Waals surface area contributed by atoms with Crippen LogP contribution in [-0.2, 0) is 22.6 Å². The van der Waals surface area contributed by atoms with Gasteiger partial charge < -0.3 is 9.72 Å². The van der Waals surface area contributed by atoms with E-state index in [0.29, 0.717) is 0 Å². The number of esters is 1. The Bertz CT molecular complexity index is 722. The Labute approximate surface area is 115 Å². The van der Waals surface area contributed by atoms with Crippen LogP contribution < -0.4 is 0 Å². The fourth-order valence-corrected chi connectivity index (χ4v) is 2.00. The van der Waals surface area contributed by atoms with Crippen molar-refractivity contribution in [1.82, 2.24) is 15.0 Å². The molecule has 3 heterocycles. The molecule has 0 radical (unpaired) electrons. The van der Waals surface area contributed by atoms with E-state index in [1.807, 2.05) is 30.3 Å². The molecule has 0 atom stereocenters. The molecule has 3 rings (SSSR count). The molecule has 3 aromatic heterocycles. The summed E-state index contributed by atoms with van der Waals surface area (Å²) < 4.78 is 5.21. The second-order valence-electron chi connectivity index (χ2n) is 4.37. The van der Waals surface area contributed by atoms with E-state index in [0.717, 1.165) is 22.3 Å². The van der Waals surface area contributed by atoms with Crippen LogP contribution in [0.4, 0.5) is 0 Å². The maximum Gasteiger partial charge on any atom is 0.310 e. The van der Waals surface area contributed by atoms with Crippen LogP contribution in [0.15, 0.2) is 48.9 Å². The predicted molar refractivity (Wildman–Crippen MR) is 73.8 cm³/mol. The molecular weight excluding hydrogens is 254 g/mol. The molecule has 0 aliphatic heterocycles. The zero-order valence-electron chi connectivity index (χ0n) is 10.7. The zero-order valence-corrected chi connectivity index (χ0v) is 10.7. The Balaban J connectivity index is 1.64. The SMILES string of the molecule is O=C(Cc1c[nH]c2ncccc12)OCc1ccccn1. The van der Waals surface area contributed by atoms with Gasteiger partial charge >= 0.3 is 5.97 Å². The van der Waals surface area contributed by atoms with Crippen LogP contribution >= 0.6 is 0 Å². The summed E-state index contributed by atoms with van der Waals surface area (Å²) >= 11 is 0. The van der Waals surface area contributed by atoms with E-state index in [-0.39, 0.29) is 19.0 Å². The minimum absolute atomic E-state index is 0.195. The molecule has 0 bridgehead atoms. The number of nitrogens with one attached hydrogen (secondary N) is 1.